The Morgan fingerprint density at radius 3 is 2.47 bits per heavy atom. The molecule has 1 saturated heterocycles. The first-order valence-corrected chi connectivity index (χ1v) is 5.91. The lowest BCUT2D eigenvalue weighted by Crippen LogP contribution is -2.46. The first-order chi connectivity index (χ1) is 7.83. The summed E-state index contributed by atoms with van der Waals surface area (Å²) in [5.41, 5.74) is -0.537. The largest absolute Gasteiger partial charge is 0.467 e. The average molecular weight is 241 g/mol. The molecular formula is C12H19NO4. The number of carbonyl (C=O) groups excluding carboxylic acids is 2. The van der Waals surface area contributed by atoms with Gasteiger partial charge in [-0.15, -0.1) is 0 Å². The van der Waals surface area contributed by atoms with Gasteiger partial charge in [-0.3, -0.25) is 4.90 Å². The van der Waals surface area contributed by atoms with E-state index in [1.165, 1.54) is 12.0 Å². The quantitative estimate of drug-likeness (QED) is 0.651. The number of amides is 1. The summed E-state index contributed by atoms with van der Waals surface area (Å²) < 4.78 is 10.0. The molecule has 0 N–H and O–H groups in total. The highest BCUT2D eigenvalue weighted by Gasteiger charge is 2.58. The molecule has 5 heteroatoms. The van der Waals surface area contributed by atoms with Crippen LogP contribution in [0.4, 0.5) is 4.79 Å². The fourth-order valence-electron chi connectivity index (χ4n) is 2.40. The van der Waals surface area contributed by atoms with Crippen LogP contribution in [0.1, 0.15) is 27.2 Å². The molecular weight excluding hydrogens is 222 g/mol. The maximum atomic E-state index is 12.0. The number of rotatable bonds is 1. The van der Waals surface area contributed by atoms with E-state index in [0.29, 0.717) is 12.5 Å². The van der Waals surface area contributed by atoms with Crippen molar-refractivity contribution in [3.63, 3.8) is 0 Å². The fourth-order valence-corrected chi connectivity index (χ4v) is 2.40. The molecule has 3 atom stereocenters. The highest BCUT2D eigenvalue weighted by Crippen LogP contribution is 2.50. The van der Waals surface area contributed by atoms with Crippen molar-refractivity contribution in [2.45, 2.75) is 38.8 Å². The van der Waals surface area contributed by atoms with Gasteiger partial charge in [-0.1, -0.05) is 0 Å². The Hall–Kier alpha value is -1.26. The van der Waals surface area contributed by atoms with Gasteiger partial charge in [0.1, 0.15) is 11.6 Å². The number of esters is 1. The van der Waals surface area contributed by atoms with Gasteiger partial charge in [0.2, 0.25) is 0 Å². The standard InChI is InChI=1S/C12H19NO4/c1-12(2,3)17-11(15)13-6-7-5-8(7)9(13)10(14)16-4/h7-9H,5-6H2,1-4H3/t7-,8-,9-/m1/s1. The SMILES string of the molecule is COC(=O)[C@H]1[C@@H]2C[C@@H]2CN1C(=O)OC(C)(C)C. The normalized spacial score (nSPS) is 30.8. The average Bonchev–Trinajstić information content (AvgIpc) is 2.86. The Morgan fingerprint density at radius 1 is 1.29 bits per heavy atom. The topological polar surface area (TPSA) is 55.8 Å². The Morgan fingerprint density at radius 2 is 1.94 bits per heavy atom. The minimum Gasteiger partial charge on any atom is -0.467 e. The van der Waals surface area contributed by atoms with Gasteiger partial charge in [-0.05, 0) is 39.0 Å². The molecule has 96 valence electrons. The van der Waals surface area contributed by atoms with Gasteiger partial charge in [0.05, 0.1) is 7.11 Å². The van der Waals surface area contributed by atoms with Crippen LogP contribution in [-0.2, 0) is 14.3 Å². The minimum absolute atomic E-state index is 0.273. The number of methoxy groups -OCH3 is 1. The van der Waals surface area contributed by atoms with E-state index in [4.69, 9.17) is 9.47 Å². The van der Waals surface area contributed by atoms with Gasteiger partial charge in [-0.2, -0.15) is 0 Å². The second kappa shape index (κ2) is 3.89. The Labute approximate surface area is 101 Å². The van der Waals surface area contributed by atoms with E-state index in [1.807, 2.05) is 20.8 Å². The third-order valence-corrected chi connectivity index (χ3v) is 3.22. The third kappa shape index (κ3) is 2.37. The maximum Gasteiger partial charge on any atom is 0.411 e. The molecule has 2 fully saturated rings. The van der Waals surface area contributed by atoms with E-state index < -0.39 is 17.7 Å². The number of ether oxygens (including phenoxy) is 2. The Balaban J connectivity index is 2.05. The number of carbonyl (C=O) groups is 2. The number of hydrogen-bond donors (Lipinski definition) is 0. The van der Waals surface area contributed by atoms with Gasteiger partial charge >= 0.3 is 12.1 Å². The van der Waals surface area contributed by atoms with Crippen LogP contribution < -0.4 is 0 Å². The van der Waals surface area contributed by atoms with Crippen LogP contribution in [0.15, 0.2) is 0 Å². The summed E-state index contributed by atoms with van der Waals surface area (Å²) in [5, 5.41) is 0. The van der Waals surface area contributed by atoms with Crippen molar-refractivity contribution >= 4 is 12.1 Å². The molecule has 1 aliphatic heterocycles. The summed E-state index contributed by atoms with van der Waals surface area (Å²) in [6.07, 6.45) is 0.596. The smallest absolute Gasteiger partial charge is 0.411 e. The van der Waals surface area contributed by atoms with Crippen LogP contribution in [0.2, 0.25) is 0 Å². The zero-order valence-corrected chi connectivity index (χ0v) is 10.7. The Bertz CT molecular complexity index is 347. The van der Waals surface area contributed by atoms with Crippen molar-refractivity contribution in [2.24, 2.45) is 11.8 Å². The molecule has 2 rings (SSSR count). The summed E-state index contributed by atoms with van der Waals surface area (Å²) in [5.74, 6) is 0.391. The molecule has 0 radical (unpaired) electrons. The lowest BCUT2D eigenvalue weighted by atomic mass is 10.2. The number of fused-ring (bicyclic) bond motifs is 1. The molecule has 1 heterocycles. The van der Waals surface area contributed by atoms with Crippen molar-refractivity contribution in [2.75, 3.05) is 13.7 Å². The van der Waals surface area contributed by atoms with Crippen molar-refractivity contribution < 1.29 is 19.1 Å². The lowest BCUT2D eigenvalue weighted by molar-refractivity contribution is -0.146. The van der Waals surface area contributed by atoms with E-state index in [9.17, 15) is 9.59 Å². The molecule has 0 bridgehead atoms. The summed E-state index contributed by atoms with van der Waals surface area (Å²) in [6.45, 7) is 6.05. The first-order valence-electron chi connectivity index (χ1n) is 5.91. The molecule has 5 nitrogen and oxygen atoms in total. The van der Waals surface area contributed by atoms with Gasteiger partial charge in [0.25, 0.3) is 0 Å². The van der Waals surface area contributed by atoms with Crippen LogP contribution in [0.3, 0.4) is 0 Å². The van der Waals surface area contributed by atoms with E-state index >= 15 is 0 Å². The van der Waals surface area contributed by atoms with Crippen LogP contribution in [0, 0.1) is 11.8 Å². The summed E-state index contributed by atoms with van der Waals surface area (Å²) in [4.78, 5) is 25.1. The monoisotopic (exact) mass is 241 g/mol. The third-order valence-electron chi connectivity index (χ3n) is 3.22. The van der Waals surface area contributed by atoms with Gasteiger partial charge < -0.3 is 9.47 Å². The number of likely N-dealkylation sites (tertiary alicyclic amines) is 1. The molecule has 0 aromatic rings. The number of hydrogen-bond acceptors (Lipinski definition) is 4. The summed E-state index contributed by atoms with van der Waals surface area (Å²) >= 11 is 0. The van der Waals surface area contributed by atoms with Crippen molar-refractivity contribution in [1.29, 1.82) is 0 Å². The molecule has 0 aromatic heterocycles. The predicted molar refractivity (Wildman–Crippen MR) is 60.3 cm³/mol. The van der Waals surface area contributed by atoms with Crippen molar-refractivity contribution in [3.05, 3.63) is 0 Å². The highest BCUT2D eigenvalue weighted by molar-refractivity contribution is 5.83. The molecule has 0 unspecified atom stereocenters. The second-order valence-corrected chi connectivity index (χ2v) is 5.76. The van der Waals surface area contributed by atoms with Crippen molar-refractivity contribution in [3.8, 4) is 0 Å². The maximum absolute atomic E-state index is 12.0. The number of nitrogens with zero attached hydrogens (tertiary/aromatic N) is 1. The molecule has 17 heavy (non-hydrogen) atoms. The molecule has 1 amide bonds. The minimum atomic E-state index is -0.537. The Kier molecular flexibility index (Phi) is 2.79. The van der Waals surface area contributed by atoms with Crippen LogP contribution >= 0.6 is 0 Å². The molecule has 1 saturated carbocycles. The zero-order chi connectivity index (χ0) is 12.8. The van der Waals surface area contributed by atoms with Crippen LogP contribution in [-0.4, -0.2) is 42.3 Å². The molecule has 2 aliphatic rings. The van der Waals surface area contributed by atoms with E-state index in [0.717, 1.165) is 6.42 Å². The highest BCUT2D eigenvalue weighted by atomic mass is 16.6. The van der Waals surface area contributed by atoms with Gasteiger partial charge in [0, 0.05) is 6.54 Å². The van der Waals surface area contributed by atoms with Crippen molar-refractivity contribution in [1.82, 2.24) is 4.90 Å². The van der Waals surface area contributed by atoms with Gasteiger partial charge in [-0.25, -0.2) is 9.59 Å². The first kappa shape index (κ1) is 12.2. The molecule has 0 aromatic carbocycles. The van der Waals surface area contributed by atoms with Crippen LogP contribution in [0.5, 0.6) is 0 Å². The molecule has 1 aliphatic carbocycles. The summed E-state index contributed by atoms with van der Waals surface area (Å²) in [6, 6.07) is -0.445. The molecule has 0 spiro atoms. The fraction of sp³-hybridized carbons (Fsp3) is 0.833. The van der Waals surface area contributed by atoms with Crippen LogP contribution in [0.25, 0.3) is 0 Å². The lowest BCUT2D eigenvalue weighted by Gasteiger charge is -2.28. The number of piperidine rings is 1. The predicted octanol–water partition coefficient (Wildman–Crippen LogP) is 1.41. The zero-order valence-electron chi connectivity index (χ0n) is 10.7. The van der Waals surface area contributed by atoms with E-state index in [-0.39, 0.29) is 11.9 Å². The van der Waals surface area contributed by atoms with Gasteiger partial charge in [0.15, 0.2) is 0 Å². The van der Waals surface area contributed by atoms with E-state index in [2.05, 4.69) is 0 Å². The summed E-state index contributed by atoms with van der Waals surface area (Å²) in [7, 11) is 1.35. The van der Waals surface area contributed by atoms with E-state index in [1.54, 1.807) is 0 Å². The second-order valence-electron chi connectivity index (χ2n) is 5.76.